The molecule has 0 amide bonds. The summed E-state index contributed by atoms with van der Waals surface area (Å²) >= 11 is 0. The van der Waals surface area contributed by atoms with E-state index in [-0.39, 0.29) is 23.0 Å². The average Bonchev–Trinajstić information content (AvgIpc) is 3.17. The quantitative estimate of drug-likeness (QED) is 0.884. The fraction of sp³-hybridized carbons (Fsp3) is 0.545. The molecule has 27 heavy (non-hydrogen) atoms. The van der Waals surface area contributed by atoms with Crippen LogP contribution in [0.5, 0.6) is 11.8 Å². The van der Waals surface area contributed by atoms with Gasteiger partial charge in [0, 0.05) is 24.4 Å². The Kier molecular flexibility index (Phi) is 3.82. The summed E-state index contributed by atoms with van der Waals surface area (Å²) in [4.78, 5) is 8.18. The van der Waals surface area contributed by atoms with E-state index in [2.05, 4.69) is 35.9 Å². The number of hydrogen-bond acceptors (Lipinski definition) is 5. The molecule has 1 N–H and O–H groups in total. The second-order valence-corrected chi connectivity index (χ2v) is 8.94. The second kappa shape index (κ2) is 6.01. The maximum atomic E-state index is 11.1. The molecule has 5 atom stereocenters. The van der Waals surface area contributed by atoms with Gasteiger partial charge in [0.2, 0.25) is 0 Å². The van der Waals surface area contributed by atoms with Crippen LogP contribution in [0.15, 0.2) is 42.7 Å². The Hall–Kier alpha value is -1.98. The van der Waals surface area contributed by atoms with Gasteiger partial charge < -0.3 is 14.6 Å². The maximum absolute atomic E-state index is 11.1. The Morgan fingerprint density at radius 3 is 2.59 bits per heavy atom. The monoisotopic (exact) mass is 366 g/mol. The van der Waals surface area contributed by atoms with Gasteiger partial charge in [-0.15, -0.1) is 0 Å². The van der Waals surface area contributed by atoms with E-state index < -0.39 is 0 Å². The molecule has 1 aromatic carbocycles. The Bertz CT molecular complexity index is 823. The van der Waals surface area contributed by atoms with Crippen LogP contribution in [0.25, 0.3) is 0 Å². The standard InChI is InChI=1S/C22H26N2O3/c1-21(2)15-12-17-18(26-11-8-22(17,13-15)19(21)25)14-4-6-16(7-5-14)27-20-23-9-3-10-24-20/h3-7,9-10,15,17-19,25H,8,11-13H2,1-2H3/t15-,17-,18-,19-,22?/m1/s1. The molecule has 5 nitrogen and oxygen atoms in total. The molecule has 5 rings (SSSR count). The van der Waals surface area contributed by atoms with Crippen LogP contribution in [0.3, 0.4) is 0 Å². The van der Waals surface area contributed by atoms with Crippen molar-refractivity contribution in [3.05, 3.63) is 48.3 Å². The van der Waals surface area contributed by atoms with Crippen LogP contribution in [0.1, 0.15) is 44.8 Å². The fourth-order valence-corrected chi connectivity index (χ4v) is 5.92. The largest absolute Gasteiger partial charge is 0.424 e. The lowest BCUT2D eigenvalue weighted by molar-refractivity contribution is -0.164. The molecule has 1 aromatic heterocycles. The Balaban J connectivity index is 1.38. The first-order valence-electron chi connectivity index (χ1n) is 9.85. The van der Waals surface area contributed by atoms with Crippen LogP contribution >= 0.6 is 0 Å². The van der Waals surface area contributed by atoms with Gasteiger partial charge in [-0.1, -0.05) is 26.0 Å². The van der Waals surface area contributed by atoms with Crippen LogP contribution < -0.4 is 4.74 Å². The molecule has 2 heterocycles. The summed E-state index contributed by atoms with van der Waals surface area (Å²) < 4.78 is 11.9. The van der Waals surface area contributed by atoms with Gasteiger partial charge in [0.25, 0.3) is 0 Å². The van der Waals surface area contributed by atoms with Crippen molar-refractivity contribution < 1.29 is 14.6 Å². The minimum absolute atomic E-state index is 0.0180. The van der Waals surface area contributed by atoms with Gasteiger partial charge in [0.15, 0.2) is 0 Å². The number of hydrogen-bond donors (Lipinski definition) is 1. The predicted molar refractivity (Wildman–Crippen MR) is 100 cm³/mol. The Labute approximate surface area is 159 Å². The van der Waals surface area contributed by atoms with E-state index in [0.717, 1.165) is 31.4 Å². The van der Waals surface area contributed by atoms with Gasteiger partial charge >= 0.3 is 6.01 Å². The molecule has 3 aliphatic rings. The molecule has 142 valence electrons. The van der Waals surface area contributed by atoms with Crippen molar-refractivity contribution in [3.63, 3.8) is 0 Å². The van der Waals surface area contributed by atoms with E-state index >= 15 is 0 Å². The molecule has 2 aliphatic carbocycles. The summed E-state index contributed by atoms with van der Waals surface area (Å²) in [7, 11) is 0. The van der Waals surface area contributed by atoms with Crippen molar-refractivity contribution in [3.8, 4) is 11.8 Å². The third kappa shape index (κ3) is 2.52. The van der Waals surface area contributed by atoms with Gasteiger partial charge in [-0.2, -0.15) is 0 Å². The number of rotatable bonds is 3. The molecule has 5 heteroatoms. The molecule has 1 unspecified atom stereocenters. The average molecular weight is 366 g/mol. The summed E-state index contributed by atoms with van der Waals surface area (Å²) in [6.45, 7) is 5.18. The molecule has 1 spiro atoms. The third-order valence-corrected chi connectivity index (χ3v) is 7.40. The summed E-state index contributed by atoms with van der Waals surface area (Å²) in [5.41, 5.74) is 1.20. The first-order valence-corrected chi connectivity index (χ1v) is 9.85. The van der Waals surface area contributed by atoms with E-state index in [1.54, 1.807) is 18.5 Å². The lowest BCUT2D eigenvalue weighted by Gasteiger charge is -2.51. The number of benzene rings is 1. The van der Waals surface area contributed by atoms with Crippen LogP contribution in [0.4, 0.5) is 0 Å². The van der Waals surface area contributed by atoms with Gasteiger partial charge in [0.05, 0.1) is 12.2 Å². The summed E-state index contributed by atoms with van der Waals surface area (Å²) in [6, 6.07) is 10.2. The highest BCUT2D eigenvalue weighted by Gasteiger charge is 2.67. The zero-order valence-electron chi connectivity index (χ0n) is 15.8. The van der Waals surface area contributed by atoms with E-state index in [1.807, 2.05) is 12.1 Å². The molecule has 2 bridgehead atoms. The number of fused-ring (bicyclic) bond motifs is 1. The minimum Gasteiger partial charge on any atom is -0.424 e. The molecule has 1 saturated heterocycles. The van der Waals surface area contributed by atoms with Gasteiger partial charge in [0.1, 0.15) is 5.75 Å². The number of aliphatic hydroxyl groups is 1. The molecule has 1 aliphatic heterocycles. The van der Waals surface area contributed by atoms with E-state index in [9.17, 15) is 5.11 Å². The molecule has 2 aromatic rings. The van der Waals surface area contributed by atoms with Crippen LogP contribution in [0.2, 0.25) is 0 Å². The number of aliphatic hydroxyl groups excluding tert-OH is 1. The SMILES string of the molecule is CC1(C)[C@@H]2C[C@@H]3[C@@H](c4ccc(Oc5ncccn5)cc4)OCCC3(C2)[C@@H]1O. The van der Waals surface area contributed by atoms with Crippen molar-refractivity contribution in [1.82, 2.24) is 9.97 Å². The van der Waals surface area contributed by atoms with Gasteiger partial charge in [-0.05, 0) is 60.3 Å². The van der Waals surface area contributed by atoms with Crippen molar-refractivity contribution >= 4 is 0 Å². The van der Waals surface area contributed by atoms with Gasteiger partial charge in [-0.3, -0.25) is 0 Å². The minimum atomic E-state index is -0.238. The zero-order valence-corrected chi connectivity index (χ0v) is 15.8. The normalized spacial score (nSPS) is 36.4. The third-order valence-electron chi connectivity index (χ3n) is 7.40. The lowest BCUT2D eigenvalue weighted by atomic mass is 9.60. The molecular weight excluding hydrogens is 340 g/mol. The maximum Gasteiger partial charge on any atom is 0.321 e. The number of ether oxygens (including phenoxy) is 2. The Morgan fingerprint density at radius 2 is 1.89 bits per heavy atom. The van der Waals surface area contributed by atoms with E-state index in [4.69, 9.17) is 9.47 Å². The molecule has 2 saturated carbocycles. The van der Waals surface area contributed by atoms with E-state index in [0.29, 0.717) is 23.6 Å². The summed E-state index contributed by atoms with van der Waals surface area (Å²) in [6.07, 6.45) is 6.39. The van der Waals surface area contributed by atoms with Crippen LogP contribution in [0, 0.1) is 22.7 Å². The zero-order chi connectivity index (χ0) is 18.6. The van der Waals surface area contributed by atoms with E-state index in [1.165, 1.54) is 0 Å². The van der Waals surface area contributed by atoms with Gasteiger partial charge in [-0.25, -0.2) is 9.97 Å². The molecule has 0 radical (unpaired) electrons. The number of nitrogens with zero attached hydrogens (tertiary/aromatic N) is 2. The van der Waals surface area contributed by atoms with Crippen molar-refractivity contribution in [2.45, 2.75) is 45.3 Å². The first kappa shape index (κ1) is 17.1. The smallest absolute Gasteiger partial charge is 0.321 e. The number of aromatic nitrogens is 2. The molecular formula is C22H26N2O3. The predicted octanol–water partition coefficient (Wildman–Crippen LogP) is 4.14. The van der Waals surface area contributed by atoms with Crippen molar-refractivity contribution in [2.24, 2.45) is 22.7 Å². The van der Waals surface area contributed by atoms with Crippen LogP contribution in [-0.2, 0) is 4.74 Å². The topological polar surface area (TPSA) is 64.5 Å². The fourth-order valence-electron chi connectivity index (χ4n) is 5.92. The first-order chi connectivity index (χ1) is 13.0. The lowest BCUT2D eigenvalue weighted by Crippen LogP contribution is -2.51. The van der Waals surface area contributed by atoms with Crippen molar-refractivity contribution in [2.75, 3.05) is 6.61 Å². The summed E-state index contributed by atoms with van der Waals surface area (Å²) in [5, 5.41) is 11.1. The Morgan fingerprint density at radius 1 is 1.15 bits per heavy atom. The highest BCUT2D eigenvalue weighted by Crippen LogP contribution is 2.70. The van der Waals surface area contributed by atoms with Crippen molar-refractivity contribution in [1.29, 1.82) is 0 Å². The highest BCUT2D eigenvalue weighted by atomic mass is 16.5. The van der Waals surface area contributed by atoms with Crippen LogP contribution in [-0.4, -0.2) is 27.8 Å². The highest BCUT2D eigenvalue weighted by molar-refractivity contribution is 5.32. The summed E-state index contributed by atoms with van der Waals surface area (Å²) in [5.74, 6) is 1.69. The second-order valence-electron chi connectivity index (χ2n) is 8.94. The molecule has 3 fully saturated rings.